The second-order valence-electron chi connectivity index (χ2n) is 5.01. The third-order valence-electron chi connectivity index (χ3n) is 3.49. The number of nitrogens with one attached hydrogen (secondary N) is 2. The molecule has 0 saturated heterocycles. The summed E-state index contributed by atoms with van der Waals surface area (Å²) in [6, 6.07) is 7.25. The number of urea groups is 1. The maximum Gasteiger partial charge on any atom is 0.320 e. The number of aryl methyl sites for hydroxylation is 2. The Morgan fingerprint density at radius 1 is 1.40 bits per heavy atom. The van der Waals surface area contributed by atoms with E-state index < -0.39 is 0 Å². The zero-order valence-corrected chi connectivity index (χ0v) is 11.3. The standard InChI is InChI=1S/C15H17N3O2/c1-10-4-2-7-14(16-10)18-15(19)17-12-5-3-6-13-11(12)8-9-20-13/h2,4,7-9,12H,3,5-6H2,1H3,(H2,16,17,18,19)/t12-/m0/s1. The molecule has 0 aliphatic heterocycles. The van der Waals surface area contributed by atoms with Gasteiger partial charge < -0.3 is 9.73 Å². The highest BCUT2D eigenvalue weighted by molar-refractivity contribution is 5.88. The molecule has 2 N–H and O–H groups in total. The molecule has 3 rings (SSSR count). The molecule has 20 heavy (non-hydrogen) atoms. The van der Waals surface area contributed by atoms with E-state index >= 15 is 0 Å². The summed E-state index contributed by atoms with van der Waals surface area (Å²) in [5, 5.41) is 5.74. The fourth-order valence-corrected chi connectivity index (χ4v) is 2.56. The molecule has 0 fully saturated rings. The Bertz CT molecular complexity index is 621. The molecule has 2 heterocycles. The summed E-state index contributed by atoms with van der Waals surface area (Å²) in [6.07, 6.45) is 4.58. The van der Waals surface area contributed by atoms with Crippen molar-refractivity contribution in [1.29, 1.82) is 0 Å². The SMILES string of the molecule is Cc1cccc(NC(=O)N[C@H]2CCCc3occc32)n1. The highest BCUT2D eigenvalue weighted by Crippen LogP contribution is 2.30. The Morgan fingerprint density at radius 3 is 3.15 bits per heavy atom. The highest BCUT2D eigenvalue weighted by atomic mass is 16.3. The Morgan fingerprint density at radius 2 is 2.30 bits per heavy atom. The van der Waals surface area contributed by atoms with Crippen molar-refractivity contribution in [2.24, 2.45) is 0 Å². The molecule has 0 saturated carbocycles. The van der Waals surface area contributed by atoms with Crippen molar-refractivity contribution >= 4 is 11.8 Å². The van der Waals surface area contributed by atoms with Gasteiger partial charge in [-0.1, -0.05) is 6.07 Å². The summed E-state index contributed by atoms with van der Waals surface area (Å²) in [6.45, 7) is 1.89. The molecule has 1 aliphatic rings. The van der Waals surface area contributed by atoms with Crippen LogP contribution in [0.1, 0.15) is 35.9 Å². The van der Waals surface area contributed by atoms with Gasteiger partial charge in [0.25, 0.3) is 0 Å². The lowest BCUT2D eigenvalue weighted by molar-refractivity contribution is 0.246. The van der Waals surface area contributed by atoms with E-state index in [-0.39, 0.29) is 12.1 Å². The molecule has 0 aromatic carbocycles. The van der Waals surface area contributed by atoms with Gasteiger partial charge in [-0.3, -0.25) is 5.32 Å². The Balaban J connectivity index is 1.66. The van der Waals surface area contributed by atoms with Gasteiger partial charge >= 0.3 is 6.03 Å². The molecule has 2 aromatic rings. The van der Waals surface area contributed by atoms with Gasteiger partial charge in [-0.05, 0) is 38.0 Å². The van der Waals surface area contributed by atoms with E-state index in [1.54, 1.807) is 12.3 Å². The Kier molecular flexibility index (Phi) is 3.41. The van der Waals surface area contributed by atoms with E-state index in [0.717, 1.165) is 36.3 Å². The predicted molar refractivity (Wildman–Crippen MR) is 75.5 cm³/mol. The summed E-state index contributed by atoms with van der Waals surface area (Å²) in [5.74, 6) is 1.54. The van der Waals surface area contributed by atoms with Gasteiger partial charge in [0.1, 0.15) is 11.6 Å². The van der Waals surface area contributed by atoms with E-state index in [9.17, 15) is 4.79 Å². The van der Waals surface area contributed by atoms with Crippen LogP contribution in [0.15, 0.2) is 34.9 Å². The van der Waals surface area contributed by atoms with E-state index in [0.29, 0.717) is 5.82 Å². The number of amides is 2. The third kappa shape index (κ3) is 2.66. The summed E-state index contributed by atoms with van der Waals surface area (Å²) >= 11 is 0. The van der Waals surface area contributed by atoms with Crippen LogP contribution in [-0.2, 0) is 6.42 Å². The zero-order valence-electron chi connectivity index (χ0n) is 11.3. The minimum absolute atomic E-state index is 0.0160. The van der Waals surface area contributed by atoms with Gasteiger partial charge in [0, 0.05) is 17.7 Å². The van der Waals surface area contributed by atoms with Crippen LogP contribution in [0.25, 0.3) is 0 Å². The first-order valence-electron chi connectivity index (χ1n) is 6.80. The van der Waals surface area contributed by atoms with Gasteiger partial charge in [0.15, 0.2) is 0 Å². The fraction of sp³-hybridized carbons (Fsp3) is 0.333. The maximum atomic E-state index is 12.0. The Labute approximate surface area is 117 Å². The van der Waals surface area contributed by atoms with Gasteiger partial charge in [0.2, 0.25) is 0 Å². The number of anilines is 1. The average Bonchev–Trinajstić information content (AvgIpc) is 2.88. The number of fused-ring (bicyclic) bond motifs is 1. The summed E-state index contributed by atoms with van der Waals surface area (Å²) in [4.78, 5) is 16.3. The van der Waals surface area contributed by atoms with Gasteiger partial charge in [-0.25, -0.2) is 9.78 Å². The smallest absolute Gasteiger partial charge is 0.320 e. The zero-order chi connectivity index (χ0) is 13.9. The van der Waals surface area contributed by atoms with Crippen molar-refractivity contribution < 1.29 is 9.21 Å². The number of pyridine rings is 1. The van der Waals surface area contributed by atoms with Crippen LogP contribution in [-0.4, -0.2) is 11.0 Å². The van der Waals surface area contributed by atoms with E-state index in [1.165, 1.54) is 0 Å². The number of carbonyl (C=O) groups excluding carboxylic acids is 1. The summed E-state index contributed by atoms with van der Waals surface area (Å²) in [5.41, 5.74) is 1.96. The topological polar surface area (TPSA) is 67.2 Å². The molecule has 1 atom stereocenters. The van der Waals surface area contributed by atoms with Crippen molar-refractivity contribution in [2.75, 3.05) is 5.32 Å². The normalized spacial score (nSPS) is 17.4. The third-order valence-corrected chi connectivity index (χ3v) is 3.49. The van der Waals surface area contributed by atoms with Crippen LogP contribution in [0.3, 0.4) is 0 Å². The molecule has 5 heteroatoms. The molecule has 5 nitrogen and oxygen atoms in total. The van der Waals surface area contributed by atoms with Crippen LogP contribution < -0.4 is 10.6 Å². The minimum atomic E-state index is -0.234. The van der Waals surface area contributed by atoms with Crippen LogP contribution in [0.2, 0.25) is 0 Å². The van der Waals surface area contributed by atoms with Crippen molar-refractivity contribution in [1.82, 2.24) is 10.3 Å². The van der Waals surface area contributed by atoms with Gasteiger partial charge in [0.05, 0.1) is 12.3 Å². The number of hydrogen-bond donors (Lipinski definition) is 2. The first-order valence-corrected chi connectivity index (χ1v) is 6.80. The van der Waals surface area contributed by atoms with Gasteiger partial charge in [-0.15, -0.1) is 0 Å². The van der Waals surface area contributed by atoms with Gasteiger partial charge in [-0.2, -0.15) is 0 Å². The van der Waals surface area contributed by atoms with E-state index in [4.69, 9.17) is 4.42 Å². The molecule has 0 radical (unpaired) electrons. The quantitative estimate of drug-likeness (QED) is 0.881. The van der Waals surface area contributed by atoms with Crippen LogP contribution in [0.4, 0.5) is 10.6 Å². The molecular weight excluding hydrogens is 254 g/mol. The number of rotatable bonds is 2. The molecule has 104 valence electrons. The molecule has 0 bridgehead atoms. The second-order valence-corrected chi connectivity index (χ2v) is 5.01. The maximum absolute atomic E-state index is 12.0. The summed E-state index contributed by atoms with van der Waals surface area (Å²) in [7, 11) is 0. The first kappa shape index (κ1) is 12.7. The number of carbonyl (C=O) groups is 1. The lowest BCUT2D eigenvalue weighted by atomic mass is 9.93. The van der Waals surface area contributed by atoms with Crippen molar-refractivity contribution in [3.05, 3.63) is 47.5 Å². The monoisotopic (exact) mass is 271 g/mol. The second kappa shape index (κ2) is 5.36. The van der Waals surface area contributed by atoms with Crippen LogP contribution >= 0.6 is 0 Å². The molecular formula is C15H17N3O2. The summed E-state index contributed by atoms with van der Waals surface area (Å²) < 4.78 is 5.42. The lowest BCUT2D eigenvalue weighted by Gasteiger charge is -2.22. The number of furan rings is 1. The van der Waals surface area contributed by atoms with Crippen molar-refractivity contribution in [3.63, 3.8) is 0 Å². The van der Waals surface area contributed by atoms with Crippen molar-refractivity contribution in [2.45, 2.75) is 32.2 Å². The lowest BCUT2D eigenvalue weighted by Crippen LogP contribution is -2.34. The Hall–Kier alpha value is -2.30. The van der Waals surface area contributed by atoms with E-state index in [1.807, 2.05) is 25.1 Å². The number of aromatic nitrogens is 1. The minimum Gasteiger partial charge on any atom is -0.469 e. The first-order chi connectivity index (χ1) is 9.72. The number of hydrogen-bond acceptors (Lipinski definition) is 3. The fourth-order valence-electron chi connectivity index (χ4n) is 2.56. The molecule has 2 aromatic heterocycles. The molecule has 1 aliphatic carbocycles. The molecule has 0 unspecified atom stereocenters. The average molecular weight is 271 g/mol. The van der Waals surface area contributed by atoms with E-state index in [2.05, 4.69) is 15.6 Å². The van der Waals surface area contributed by atoms with Crippen LogP contribution in [0, 0.1) is 6.92 Å². The number of nitrogens with zero attached hydrogens (tertiary/aromatic N) is 1. The predicted octanol–water partition coefficient (Wildman–Crippen LogP) is 3.18. The van der Waals surface area contributed by atoms with Crippen LogP contribution in [0.5, 0.6) is 0 Å². The molecule has 0 spiro atoms. The largest absolute Gasteiger partial charge is 0.469 e. The van der Waals surface area contributed by atoms with Crippen molar-refractivity contribution in [3.8, 4) is 0 Å². The highest BCUT2D eigenvalue weighted by Gasteiger charge is 2.23. The molecule has 2 amide bonds.